The summed E-state index contributed by atoms with van der Waals surface area (Å²) in [5.41, 5.74) is 0.609. The molecule has 1 aromatic carbocycles. The fourth-order valence-electron chi connectivity index (χ4n) is 1.17. The molecule has 1 heterocycles. The minimum atomic E-state index is -1.25. The van der Waals surface area contributed by atoms with Gasteiger partial charge >= 0.3 is 18.9 Å². The van der Waals surface area contributed by atoms with Gasteiger partial charge in [0.1, 0.15) is 6.09 Å². The number of carbonyl (C=O) groups excluding carboxylic acids is 1. The summed E-state index contributed by atoms with van der Waals surface area (Å²) in [5.74, 6) is 0. The van der Waals surface area contributed by atoms with Crippen LogP contribution in [-0.2, 0) is 0 Å². The Labute approximate surface area is 105 Å². The van der Waals surface area contributed by atoms with Crippen LogP contribution in [0.25, 0.3) is 10.9 Å². The second kappa shape index (κ2) is 5.34. The van der Waals surface area contributed by atoms with E-state index in [4.69, 9.17) is 0 Å². The number of para-hydroxylation sites is 1. The number of carboxylic acid groups (broad SMARTS) is 1. The minimum Gasteiger partial charge on any atom is -0.529 e. The van der Waals surface area contributed by atoms with Gasteiger partial charge in [-0.25, -0.2) is 0 Å². The molecule has 0 amide bonds. The van der Waals surface area contributed by atoms with Gasteiger partial charge in [-0.2, -0.15) is 0 Å². The normalized spacial score (nSPS) is 8.86. The summed E-state index contributed by atoms with van der Waals surface area (Å²) >= 11 is 0. The number of aromatic nitrogens is 1. The Morgan fingerprint density at radius 1 is 1.36 bits per heavy atom. The number of hydrogen-bond acceptors (Lipinski definition) is 2. The quantitative estimate of drug-likeness (QED) is 0.405. The third kappa shape index (κ3) is 2.26. The molecule has 1 aromatic heterocycles. The largest absolute Gasteiger partial charge is 1.00 e. The number of rotatable bonds is 0. The summed E-state index contributed by atoms with van der Waals surface area (Å²) in [7, 11) is 0. The van der Waals surface area contributed by atoms with Gasteiger partial charge in [-0.05, 0) is 12.1 Å². The smallest absolute Gasteiger partial charge is 0.529 e. The third-order valence-electron chi connectivity index (χ3n) is 1.71. The van der Waals surface area contributed by atoms with Crippen molar-refractivity contribution in [1.29, 1.82) is 0 Å². The van der Waals surface area contributed by atoms with Crippen LogP contribution >= 0.6 is 0 Å². The number of benzene rings is 1. The number of carbonyl (C=O) groups is 1. The van der Waals surface area contributed by atoms with Crippen molar-refractivity contribution < 1.29 is 28.8 Å². The van der Waals surface area contributed by atoms with Gasteiger partial charge < -0.3 is 9.90 Å². The Balaban J connectivity index is 0.000000845. The monoisotopic (exact) mass is 173 g/mol. The van der Waals surface area contributed by atoms with Gasteiger partial charge in [0.25, 0.3) is 0 Å². The molecule has 0 aliphatic rings. The molecule has 2 rings (SSSR count). The van der Waals surface area contributed by atoms with Crippen molar-refractivity contribution in [3.8, 4) is 0 Å². The van der Waals surface area contributed by atoms with E-state index in [0.717, 1.165) is 9.95 Å². The van der Waals surface area contributed by atoms with Gasteiger partial charge in [0.2, 0.25) is 0 Å². The third-order valence-corrected chi connectivity index (χ3v) is 1.71. The van der Waals surface area contributed by atoms with Gasteiger partial charge in [0.05, 0.1) is 11.7 Å². The molecule has 0 unspecified atom stereocenters. The van der Waals surface area contributed by atoms with Crippen molar-refractivity contribution in [3.63, 3.8) is 0 Å². The first-order valence-electron chi connectivity index (χ1n) is 3.48. The van der Waals surface area contributed by atoms with Crippen LogP contribution in [0.2, 0.25) is 0 Å². The van der Waals surface area contributed by atoms with E-state index in [2.05, 4.69) is 6.20 Å². The molecular weight excluding hydrogens is 168 g/mol. The molecular formula is C9H5Li2NO2. The van der Waals surface area contributed by atoms with E-state index in [0.29, 0.717) is 5.52 Å². The van der Waals surface area contributed by atoms with Gasteiger partial charge in [0.15, 0.2) is 0 Å². The average Bonchev–Trinajstić information content (AvgIpc) is 2.47. The second-order valence-electron chi connectivity index (χ2n) is 2.43. The van der Waals surface area contributed by atoms with E-state index >= 15 is 0 Å². The predicted octanol–water partition coefficient (Wildman–Crippen LogP) is -2.74. The Morgan fingerprint density at radius 2 is 2.00 bits per heavy atom. The Kier molecular flexibility index (Phi) is 5.12. The Hall–Kier alpha value is -0.575. The summed E-state index contributed by atoms with van der Waals surface area (Å²) in [6.07, 6.45) is 1.31. The van der Waals surface area contributed by atoms with E-state index in [9.17, 15) is 9.90 Å². The molecule has 0 spiro atoms. The van der Waals surface area contributed by atoms with Crippen LogP contribution in [0.4, 0.5) is 4.79 Å². The summed E-state index contributed by atoms with van der Waals surface area (Å²) < 4.78 is 0.968. The van der Waals surface area contributed by atoms with Crippen LogP contribution in [0.5, 0.6) is 0 Å². The maximum absolute atomic E-state index is 10.5. The second-order valence-corrected chi connectivity index (χ2v) is 2.43. The molecule has 0 atom stereocenters. The van der Waals surface area contributed by atoms with Crippen LogP contribution in [0, 0.1) is 6.20 Å². The number of fused-ring (bicyclic) bond motifs is 1. The summed E-state index contributed by atoms with van der Waals surface area (Å²) in [4.78, 5) is 10.5. The first-order chi connectivity index (χ1) is 5.79. The maximum atomic E-state index is 10.5. The molecule has 2 radical (unpaired) electrons. The molecule has 5 heteroatoms. The molecule has 0 aliphatic carbocycles. The van der Waals surface area contributed by atoms with E-state index in [1.54, 1.807) is 18.2 Å². The zero-order valence-corrected chi connectivity index (χ0v) is 8.15. The Bertz CT molecular complexity index is 439. The van der Waals surface area contributed by atoms with Crippen molar-refractivity contribution in [3.05, 3.63) is 36.5 Å². The zero-order chi connectivity index (χ0) is 8.55. The van der Waals surface area contributed by atoms with Gasteiger partial charge in [0, 0.05) is 24.2 Å². The van der Waals surface area contributed by atoms with Gasteiger partial charge in [-0.3, -0.25) is 4.57 Å². The van der Waals surface area contributed by atoms with E-state index < -0.39 is 6.09 Å². The van der Waals surface area contributed by atoms with E-state index in [1.165, 1.54) is 0 Å². The summed E-state index contributed by atoms with van der Waals surface area (Å²) in [6, 6.07) is 8.77. The number of nitrogens with zero attached hydrogens (tertiary/aromatic N) is 1. The average molecular weight is 173 g/mol. The summed E-state index contributed by atoms with van der Waals surface area (Å²) in [5, 5.41) is 11.3. The first kappa shape index (κ1) is 13.4. The molecule has 0 saturated heterocycles. The molecule has 0 N–H and O–H groups in total. The van der Waals surface area contributed by atoms with Gasteiger partial charge in [-0.1, -0.05) is 18.2 Å². The van der Waals surface area contributed by atoms with Crippen molar-refractivity contribution in [2.24, 2.45) is 0 Å². The topological polar surface area (TPSA) is 45.1 Å². The van der Waals surface area contributed by atoms with E-state index in [1.807, 2.05) is 12.1 Å². The molecule has 2 aromatic rings. The van der Waals surface area contributed by atoms with Crippen molar-refractivity contribution in [1.82, 2.24) is 4.57 Å². The van der Waals surface area contributed by atoms with Crippen molar-refractivity contribution in [2.45, 2.75) is 0 Å². The van der Waals surface area contributed by atoms with Crippen LogP contribution in [0.1, 0.15) is 0 Å². The molecule has 60 valence electrons. The van der Waals surface area contributed by atoms with Crippen LogP contribution in [-0.4, -0.2) is 29.5 Å². The summed E-state index contributed by atoms with van der Waals surface area (Å²) in [6.45, 7) is 0. The zero-order valence-electron chi connectivity index (χ0n) is 8.15. The van der Waals surface area contributed by atoms with Crippen molar-refractivity contribution >= 4 is 35.9 Å². The van der Waals surface area contributed by atoms with Crippen LogP contribution < -0.4 is 24.0 Å². The molecule has 0 aliphatic heterocycles. The predicted molar refractivity (Wildman–Crippen MR) is 47.3 cm³/mol. The number of hydrogen-bond donors (Lipinski definition) is 0. The fourth-order valence-corrected chi connectivity index (χ4v) is 1.17. The maximum Gasteiger partial charge on any atom is 1.00 e. The standard InChI is InChI=1S/C9H6NO2.2Li/c11-9(12)10-6-5-7-3-1-2-4-8(7)10;;/h1-5H,(H,11,12);;/q;;+1/p-1. The molecule has 0 saturated carbocycles. The SMILES string of the molecule is O=C([O-])n1[c]cc2ccccc21.[Li+].[Li]. The molecule has 0 bridgehead atoms. The van der Waals surface area contributed by atoms with Crippen molar-refractivity contribution in [2.75, 3.05) is 0 Å². The molecule has 14 heavy (non-hydrogen) atoms. The van der Waals surface area contributed by atoms with Gasteiger partial charge in [-0.15, -0.1) is 0 Å². The van der Waals surface area contributed by atoms with Crippen LogP contribution in [0.3, 0.4) is 0 Å². The van der Waals surface area contributed by atoms with E-state index in [-0.39, 0.29) is 37.7 Å². The first-order valence-corrected chi connectivity index (χ1v) is 3.48. The minimum absolute atomic E-state index is 0. The molecule has 3 nitrogen and oxygen atoms in total. The molecule has 0 fully saturated rings. The fraction of sp³-hybridized carbons (Fsp3) is 0. The van der Waals surface area contributed by atoms with Crippen LogP contribution in [0.15, 0.2) is 30.3 Å². The Morgan fingerprint density at radius 3 is 2.64 bits per heavy atom.